The summed E-state index contributed by atoms with van der Waals surface area (Å²) in [5, 5.41) is 0. The van der Waals surface area contributed by atoms with Crippen LogP contribution in [0.5, 0.6) is 0 Å². The molecule has 4 bridgehead atoms. The van der Waals surface area contributed by atoms with E-state index >= 15 is 0 Å². The Morgan fingerprint density at radius 3 is 2.67 bits per heavy atom. The summed E-state index contributed by atoms with van der Waals surface area (Å²) in [5.74, 6) is -0.331. The van der Waals surface area contributed by atoms with E-state index in [1.807, 2.05) is 12.1 Å². The lowest BCUT2D eigenvalue weighted by molar-refractivity contribution is -0.151. The minimum atomic E-state index is -0.725. The summed E-state index contributed by atoms with van der Waals surface area (Å²) in [6.45, 7) is 1.40. The Balaban J connectivity index is 1.79. The molecule has 0 fully saturated rings. The number of rotatable bonds is 1. The van der Waals surface area contributed by atoms with E-state index in [0.29, 0.717) is 6.42 Å². The minimum Gasteiger partial charge on any atom is -0.457 e. The fourth-order valence-electron chi connectivity index (χ4n) is 4.90. The molecule has 3 nitrogen and oxygen atoms in total. The van der Waals surface area contributed by atoms with E-state index in [1.54, 1.807) is 12.2 Å². The van der Waals surface area contributed by atoms with Gasteiger partial charge in [0.05, 0.1) is 5.41 Å². The number of carbonyl (C=O) groups excluding carboxylic acids is 2. The maximum absolute atomic E-state index is 13.0. The second-order valence-corrected chi connectivity index (χ2v) is 6.86. The van der Waals surface area contributed by atoms with Gasteiger partial charge in [0.1, 0.15) is 6.10 Å². The summed E-state index contributed by atoms with van der Waals surface area (Å²) in [5.41, 5.74) is 5.28. The van der Waals surface area contributed by atoms with Crippen molar-refractivity contribution in [1.29, 1.82) is 0 Å². The third-order valence-corrected chi connectivity index (χ3v) is 5.75. The summed E-state index contributed by atoms with van der Waals surface area (Å²) in [6, 6.07) is 14.6. The van der Waals surface area contributed by atoms with Gasteiger partial charge < -0.3 is 4.74 Å². The first-order chi connectivity index (χ1) is 11.6. The van der Waals surface area contributed by atoms with E-state index in [1.165, 1.54) is 34.7 Å². The molecule has 3 aliphatic carbocycles. The molecule has 5 rings (SSSR count). The van der Waals surface area contributed by atoms with Crippen LogP contribution in [0, 0.1) is 5.41 Å². The van der Waals surface area contributed by atoms with Gasteiger partial charge in [-0.25, -0.2) is 0 Å². The molecule has 0 heterocycles. The van der Waals surface area contributed by atoms with Crippen LogP contribution in [0.4, 0.5) is 0 Å². The van der Waals surface area contributed by atoms with Gasteiger partial charge in [0.2, 0.25) is 0 Å². The van der Waals surface area contributed by atoms with Crippen LogP contribution in [0.3, 0.4) is 0 Å². The highest BCUT2D eigenvalue weighted by atomic mass is 16.5. The molecule has 0 radical (unpaired) electrons. The standard InChI is InChI=1S/C21H16O3/c1-12(22)24-19-10-9-18(23)21(19)11-17-14-7-4-8-16(17)20(21)15-6-3-2-5-13(14)15/h2-10,19-20H,11H2,1H3/t19-,20?,21?/m1/s1. The quantitative estimate of drug-likeness (QED) is 0.757. The Bertz CT molecular complexity index is 940. The summed E-state index contributed by atoms with van der Waals surface area (Å²) in [7, 11) is 0. The van der Waals surface area contributed by atoms with Gasteiger partial charge in [0.15, 0.2) is 5.78 Å². The Morgan fingerprint density at radius 1 is 1.08 bits per heavy atom. The Morgan fingerprint density at radius 2 is 1.83 bits per heavy atom. The second-order valence-electron chi connectivity index (χ2n) is 6.86. The van der Waals surface area contributed by atoms with Crippen LogP contribution in [0.1, 0.15) is 29.5 Å². The summed E-state index contributed by atoms with van der Waals surface area (Å²) in [4.78, 5) is 24.6. The van der Waals surface area contributed by atoms with Gasteiger partial charge in [-0.05, 0) is 46.4 Å². The lowest BCUT2D eigenvalue weighted by atomic mass is 9.67. The van der Waals surface area contributed by atoms with E-state index in [2.05, 4.69) is 30.3 Å². The summed E-state index contributed by atoms with van der Waals surface area (Å²) < 4.78 is 5.57. The molecule has 3 aliphatic rings. The van der Waals surface area contributed by atoms with Crippen molar-refractivity contribution in [3.63, 3.8) is 0 Å². The molecular formula is C21H16O3. The van der Waals surface area contributed by atoms with Crippen LogP contribution in [0.15, 0.2) is 54.6 Å². The maximum Gasteiger partial charge on any atom is 0.303 e. The van der Waals surface area contributed by atoms with E-state index < -0.39 is 11.5 Å². The van der Waals surface area contributed by atoms with Crippen molar-refractivity contribution >= 4 is 11.8 Å². The zero-order valence-electron chi connectivity index (χ0n) is 13.3. The summed E-state index contributed by atoms with van der Waals surface area (Å²) >= 11 is 0. The molecule has 3 atom stereocenters. The minimum absolute atomic E-state index is 0.0516. The zero-order chi connectivity index (χ0) is 16.5. The van der Waals surface area contributed by atoms with Crippen LogP contribution < -0.4 is 0 Å². The third kappa shape index (κ3) is 1.47. The van der Waals surface area contributed by atoms with E-state index in [9.17, 15) is 9.59 Å². The average Bonchev–Trinajstić information content (AvgIpc) is 3.01. The molecule has 0 saturated heterocycles. The predicted molar refractivity (Wildman–Crippen MR) is 89.6 cm³/mol. The fraction of sp³-hybridized carbons (Fsp3) is 0.238. The second kappa shape index (κ2) is 4.44. The van der Waals surface area contributed by atoms with E-state index in [0.717, 1.165) is 0 Å². The highest BCUT2D eigenvalue weighted by Crippen LogP contribution is 2.62. The number of hydrogen-bond acceptors (Lipinski definition) is 3. The molecule has 2 unspecified atom stereocenters. The third-order valence-electron chi connectivity index (χ3n) is 5.75. The first-order valence-corrected chi connectivity index (χ1v) is 8.24. The van der Waals surface area contributed by atoms with Crippen molar-refractivity contribution in [2.45, 2.75) is 25.4 Å². The molecule has 0 saturated carbocycles. The van der Waals surface area contributed by atoms with Crippen molar-refractivity contribution in [1.82, 2.24) is 0 Å². The Kier molecular flexibility index (Phi) is 2.54. The Labute approximate surface area is 140 Å². The van der Waals surface area contributed by atoms with Crippen LogP contribution in [-0.4, -0.2) is 17.9 Å². The maximum atomic E-state index is 13.0. The van der Waals surface area contributed by atoms with Gasteiger partial charge in [-0.3, -0.25) is 9.59 Å². The highest BCUT2D eigenvalue weighted by Gasteiger charge is 2.61. The predicted octanol–water partition coefficient (Wildman–Crippen LogP) is 3.41. The number of esters is 1. The van der Waals surface area contributed by atoms with Gasteiger partial charge in [-0.2, -0.15) is 0 Å². The SMILES string of the molecule is CC(=O)O[C@@H]1C=CC(=O)C12Cc1c3cccc1C2c1ccccc1-3. The van der Waals surface area contributed by atoms with Gasteiger partial charge in [-0.15, -0.1) is 0 Å². The molecule has 0 aliphatic heterocycles. The highest BCUT2D eigenvalue weighted by molar-refractivity contribution is 6.02. The molecule has 24 heavy (non-hydrogen) atoms. The zero-order valence-corrected chi connectivity index (χ0v) is 13.3. The van der Waals surface area contributed by atoms with Crippen molar-refractivity contribution in [2.24, 2.45) is 5.41 Å². The molecule has 0 amide bonds. The van der Waals surface area contributed by atoms with Crippen LogP contribution in [0.25, 0.3) is 11.1 Å². The number of benzene rings is 2. The first kappa shape index (κ1) is 13.7. The Hall–Kier alpha value is -2.68. The van der Waals surface area contributed by atoms with Crippen LogP contribution in [0.2, 0.25) is 0 Å². The molecule has 2 aromatic carbocycles. The molecular weight excluding hydrogens is 300 g/mol. The van der Waals surface area contributed by atoms with Crippen LogP contribution >= 0.6 is 0 Å². The normalized spacial score (nSPS) is 28.3. The smallest absolute Gasteiger partial charge is 0.303 e. The van der Waals surface area contributed by atoms with Crippen molar-refractivity contribution in [3.05, 3.63) is 71.3 Å². The number of ketones is 1. The number of hydrogen-bond donors (Lipinski definition) is 0. The van der Waals surface area contributed by atoms with E-state index in [-0.39, 0.29) is 17.7 Å². The molecule has 0 aromatic heterocycles. The molecule has 2 aromatic rings. The fourth-order valence-corrected chi connectivity index (χ4v) is 4.90. The first-order valence-electron chi connectivity index (χ1n) is 8.24. The van der Waals surface area contributed by atoms with Gasteiger partial charge >= 0.3 is 5.97 Å². The number of carbonyl (C=O) groups is 2. The largest absolute Gasteiger partial charge is 0.457 e. The van der Waals surface area contributed by atoms with Crippen molar-refractivity contribution in [3.8, 4) is 11.1 Å². The molecule has 118 valence electrons. The topological polar surface area (TPSA) is 43.4 Å². The number of allylic oxidation sites excluding steroid dienone is 1. The van der Waals surface area contributed by atoms with Crippen molar-refractivity contribution in [2.75, 3.05) is 0 Å². The van der Waals surface area contributed by atoms with Gasteiger partial charge in [0.25, 0.3) is 0 Å². The van der Waals surface area contributed by atoms with Gasteiger partial charge in [-0.1, -0.05) is 42.5 Å². The number of fused-ring (bicyclic) bond motifs is 4. The lowest BCUT2D eigenvalue weighted by Gasteiger charge is -2.36. The van der Waals surface area contributed by atoms with E-state index in [4.69, 9.17) is 4.74 Å². The van der Waals surface area contributed by atoms with Crippen LogP contribution in [-0.2, 0) is 20.7 Å². The average molecular weight is 316 g/mol. The monoisotopic (exact) mass is 316 g/mol. The number of ether oxygens (including phenoxy) is 1. The van der Waals surface area contributed by atoms with Crippen molar-refractivity contribution < 1.29 is 14.3 Å². The summed E-state index contributed by atoms with van der Waals surface area (Å²) in [6.07, 6.45) is 3.48. The molecule has 1 spiro atoms. The molecule has 0 N–H and O–H groups in total. The molecule has 3 heteroatoms. The lowest BCUT2D eigenvalue weighted by Crippen LogP contribution is -2.43. The van der Waals surface area contributed by atoms with Gasteiger partial charge in [0, 0.05) is 12.8 Å².